The maximum atomic E-state index is 5.90. The van der Waals surface area contributed by atoms with Gasteiger partial charge in [0.25, 0.3) is 0 Å². The SMILES string of the molecule is Nc1ccn2ncc(-c3nccc(NCC4CCCCC4)n3)c2c1. The average molecular weight is 322 g/mol. The number of pyridine rings is 1. The average Bonchev–Trinajstić information content (AvgIpc) is 3.04. The van der Waals surface area contributed by atoms with Gasteiger partial charge < -0.3 is 11.1 Å². The molecule has 0 amide bonds. The molecule has 3 heterocycles. The highest BCUT2D eigenvalue weighted by atomic mass is 15.2. The Labute approximate surface area is 141 Å². The van der Waals surface area contributed by atoms with E-state index >= 15 is 0 Å². The van der Waals surface area contributed by atoms with E-state index in [4.69, 9.17) is 5.73 Å². The molecule has 0 unspecified atom stereocenters. The summed E-state index contributed by atoms with van der Waals surface area (Å²) in [5, 5.41) is 7.82. The van der Waals surface area contributed by atoms with Crippen LogP contribution in [0, 0.1) is 5.92 Å². The Bertz CT molecular complexity index is 834. The van der Waals surface area contributed by atoms with E-state index in [0.29, 0.717) is 11.5 Å². The molecular weight excluding hydrogens is 300 g/mol. The summed E-state index contributed by atoms with van der Waals surface area (Å²) in [5.41, 5.74) is 8.41. The highest BCUT2D eigenvalue weighted by Crippen LogP contribution is 2.25. The number of aromatic nitrogens is 4. The van der Waals surface area contributed by atoms with Gasteiger partial charge in [-0.2, -0.15) is 5.10 Å². The van der Waals surface area contributed by atoms with Gasteiger partial charge in [0.05, 0.1) is 17.3 Å². The predicted molar refractivity (Wildman–Crippen MR) is 95.7 cm³/mol. The molecule has 3 aromatic heterocycles. The number of hydrogen-bond acceptors (Lipinski definition) is 5. The van der Waals surface area contributed by atoms with Crippen molar-refractivity contribution in [2.24, 2.45) is 5.92 Å². The molecule has 1 fully saturated rings. The minimum Gasteiger partial charge on any atom is -0.399 e. The van der Waals surface area contributed by atoms with Crippen molar-refractivity contribution in [3.63, 3.8) is 0 Å². The van der Waals surface area contributed by atoms with Crippen LogP contribution in [-0.4, -0.2) is 26.1 Å². The molecular formula is C18H22N6. The first-order valence-corrected chi connectivity index (χ1v) is 8.60. The second kappa shape index (κ2) is 6.47. The van der Waals surface area contributed by atoms with Crippen molar-refractivity contribution >= 4 is 17.0 Å². The van der Waals surface area contributed by atoms with Crippen molar-refractivity contribution in [2.45, 2.75) is 32.1 Å². The Kier molecular flexibility index (Phi) is 4.02. The minimum atomic E-state index is 0.671. The summed E-state index contributed by atoms with van der Waals surface area (Å²) >= 11 is 0. The van der Waals surface area contributed by atoms with Crippen LogP contribution >= 0.6 is 0 Å². The summed E-state index contributed by atoms with van der Waals surface area (Å²) in [6, 6.07) is 5.65. The Morgan fingerprint density at radius 3 is 2.96 bits per heavy atom. The second-order valence-corrected chi connectivity index (χ2v) is 6.50. The monoisotopic (exact) mass is 322 g/mol. The van der Waals surface area contributed by atoms with Crippen molar-refractivity contribution in [3.05, 3.63) is 36.8 Å². The zero-order chi connectivity index (χ0) is 16.4. The van der Waals surface area contributed by atoms with Gasteiger partial charge >= 0.3 is 0 Å². The number of nitrogen functional groups attached to an aromatic ring is 1. The van der Waals surface area contributed by atoms with Crippen LogP contribution in [0.4, 0.5) is 11.5 Å². The quantitative estimate of drug-likeness (QED) is 0.769. The molecule has 0 saturated heterocycles. The van der Waals surface area contributed by atoms with Crippen LogP contribution in [0.15, 0.2) is 36.8 Å². The number of rotatable bonds is 4. The topological polar surface area (TPSA) is 81.1 Å². The zero-order valence-electron chi connectivity index (χ0n) is 13.7. The molecule has 6 heteroatoms. The van der Waals surface area contributed by atoms with Gasteiger partial charge in [0.15, 0.2) is 5.82 Å². The molecule has 3 N–H and O–H groups in total. The maximum absolute atomic E-state index is 5.90. The predicted octanol–water partition coefficient (Wildman–Crippen LogP) is 3.37. The van der Waals surface area contributed by atoms with E-state index in [0.717, 1.165) is 29.4 Å². The first kappa shape index (κ1) is 14.9. The van der Waals surface area contributed by atoms with Gasteiger partial charge in [-0.3, -0.25) is 0 Å². The number of hydrogen-bond donors (Lipinski definition) is 2. The van der Waals surface area contributed by atoms with Crippen molar-refractivity contribution in [2.75, 3.05) is 17.6 Å². The molecule has 1 aliphatic carbocycles. The Hall–Kier alpha value is -2.63. The smallest absolute Gasteiger partial charge is 0.165 e. The number of nitrogens with zero attached hydrogens (tertiary/aromatic N) is 4. The van der Waals surface area contributed by atoms with E-state index in [9.17, 15) is 0 Å². The summed E-state index contributed by atoms with van der Waals surface area (Å²) in [5.74, 6) is 2.30. The van der Waals surface area contributed by atoms with Crippen LogP contribution in [-0.2, 0) is 0 Å². The molecule has 3 aromatic rings. The lowest BCUT2D eigenvalue weighted by atomic mass is 9.89. The summed E-state index contributed by atoms with van der Waals surface area (Å²) < 4.78 is 1.79. The minimum absolute atomic E-state index is 0.671. The largest absolute Gasteiger partial charge is 0.399 e. The molecule has 0 spiro atoms. The van der Waals surface area contributed by atoms with Crippen LogP contribution in [0.25, 0.3) is 16.9 Å². The van der Waals surface area contributed by atoms with Gasteiger partial charge in [0, 0.05) is 24.6 Å². The molecule has 0 radical (unpaired) electrons. The Morgan fingerprint density at radius 1 is 1.21 bits per heavy atom. The van der Waals surface area contributed by atoms with Gasteiger partial charge in [0.2, 0.25) is 0 Å². The van der Waals surface area contributed by atoms with Gasteiger partial charge in [-0.1, -0.05) is 19.3 Å². The van der Waals surface area contributed by atoms with Crippen molar-refractivity contribution in [1.29, 1.82) is 0 Å². The molecule has 0 atom stereocenters. The van der Waals surface area contributed by atoms with E-state index in [1.54, 1.807) is 16.9 Å². The lowest BCUT2D eigenvalue weighted by Gasteiger charge is -2.21. The third kappa shape index (κ3) is 3.04. The van der Waals surface area contributed by atoms with Crippen LogP contribution < -0.4 is 11.1 Å². The maximum Gasteiger partial charge on any atom is 0.165 e. The second-order valence-electron chi connectivity index (χ2n) is 6.50. The normalized spacial score (nSPS) is 15.7. The fourth-order valence-electron chi connectivity index (χ4n) is 3.40. The van der Waals surface area contributed by atoms with Crippen LogP contribution in [0.5, 0.6) is 0 Å². The van der Waals surface area contributed by atoms with Crippen LogP contribution in [0.3, 0.4) is 0 Å². The molecule has 1 aliphatic rings. The summed E-state index contributed by atoms with van der Waals surface area (Å²) in [6.45, 7) is 0.984. The molecule has 0 bridgehead atoms. The standard InChI is InChI=1S/C18H22N6/c19-14-7-9-24-16(10-14)15(12-22-24)18-20-8-6-17(23-18)21-11-13-4-2-1-3-5-13/h6-10,12-13H,1-5,11,19H2,(H,20,21,23). The number of nitrogens with two attached hydrogens (primary N) is 1. The lowest BCUT2D eigenvalue weighted by Crippen LogP contribution is -2.17. The number of anilines is 2. The molecule has 4 rings (SSSR count). The first-order valence-electron chi connectivity index (χ1n) is 8.60. The fourth-order valence-corrected chi connectivity index (χ4v) is 3.40. The Balaban J connectivity index is 1.56. The van der Waals surface area contributed by atoms with E-state index < -0.39 is 0 Å². The summed E-state index contributed by atoms with van der Waals surface area (Å²) in [4.78, 5) is 9.07. The summed E-state index contributed by atoms with van der Waals surface area (Å²) in [6.07, 6.45) is 12.1. The van der Waals surface area contributed by atoms with Gasteiger partial charge in [0.1, 0.15) is 5.82 Å². The highest BCUT2D eigenvalue weighted by Gasteiger charge is 2.14. The van der Waals surface area contributed by atoms with E-state index in [-0.39, 0.29) is 0 Å². The van der Waals surface area contributed by atoms with Gasteiger partial charge in [-0.15, -0.1) is 0 Å². The van der Waals surface area contributed by atoms with Crippen LogP contribution in [0.2, 0.25) is 0 Å². The molecule has 6 nitrogen and oxygen atoms in total. The first-order chi connectivity index (χ1) is 11.8. The van der Waals surface area contributed by atoms with Crippen molar-refractivity contribution < 1.29 is 0 Å². The number of fused-ring (bicyclic) bond motifs is 1. The van der Waals surface area contributed by atoms with Gasteiger partial charge in [-0.25, -0.2) is 14.5 Å². The zero-order valence-corrected chi connectivity index (χ0v) is 13.7. The lowest BCUT2D eigenvalue weighted by molar-refractivity contribution is 0.373. The number of nitrogens with one attached hydrogen (secondary N) is 1. The third-order valence-electron chi connectivity index (χ3n) is 4.74. The van der Waals surface area contributed by atoms with Crippen LogP contribution in [0.1, 0.15) is 32.1 Å². The Morgan fingerprint density at radius 2 is 2.08 bits per heavy atom. The third-order valence-corrected chi connectivity index (χ3v) is 4.74. The molecule has 0 aliphatic heterocycles. The van der Waals surface area contributed by atoms with Crippen molar-refractivity contribution in [3.8, 4) is 11.4 Å². The highest BCUT2D eigenvalue weighted by molar-refractivity contribution is 5.78. The molecule has 124 valence electrons. The van der Waals surface area contributed by atoms with E-state index in [2.05, 4.69) is 20.4 Å². The fraction of sp³-hybridized carbons (Fsp3) is 0.389. The molecule has 1 saturated carbocycles. The van der Waals surface area contributed by atoms with Gasteiger partial charge in [-0.05, 0) is 37.0 Å². The van der Waals surface area contributed by atoms with Crippen molar-refractivity contribution in [1.82, 2.24) is 19.6 Å². The van der Waals surface area contributed by atoms with E-state index in [1.165, 1.54) is 32.1 Å². The summed E-state index contributed by atoms with van der Waals surface area (Å²) in [7, 11) is 0. The molecule has 24 heavy (non-hydrogen) atoms. The molecule has 0 aromatic carbocycles. The van der Waals surface area contributed by atoms with E-state index in [1.807, 2.05) is 24.4 Å².